The van der Waals surface area contributed by atoms with E-state index >= 15 is 0 Å². The van der Waals surface area contributed by atoms with Gasteiger partial charge in [0.2, 0.25) is 17.7 Å². The van der Waals surface area contributed by atoms with E-state index in [9.17, 15) is 9.59 Å². The van der Waals surface area contributed by atoms with Crippen molar-refractivity contribution in [2.24, 2.45) is 0 Å². The van der Waals surface area contributed by atoms with Gasteiger partial charge in [0.05, 0.1) is 0 Å². The molecule has 2 amide bonds. The predicted molar refractivity (Wildman–Crippen MR) is 103 cm³/mol. The first-order chi connectivity index (χ1) is 12.8. The number of nitrogens with one attached hydrogen (secondary N) is 1. The van der Waals surface area contributed by atoms with Crippen molar-refractivity contribution in [2.75, 3.05) is 16.8 Å². The fourth-order valence-corrected chi connectivity index (χ4v) is 2.93. The van der Waals surface area contributed by atoms with Crippen LogP contribution < -0.4 is 10.2 Å². The monoisotopic (exact) mass is 370 g/mol. The second kappa shape index (κ2) is 7.90. The molecule has 1 aliphatic rings. The lowest BCUT2D eigenvalue weighted by molar-refractivity contribution is -0.117. The number of hydrogen-bond donors (Lipinski definition) is 1. The minimum Gasteiger partial charge on any atom is -0.339 e. The summed E-state index contributed by atoms with van der Waals surface area (Å²) in [4.78, 5) is 30.0. The minimum absolute atomic E-state index is 0.0597. The average molecular weight is 370 g/mol. The molecular weight excluding hydrogens is 344 g/mol. The molecule has 0 bridgehead atoms. The van der Waals surface area contributed by atoms with Crippen LogP contribution in [0, 0.1) is 0 Å². The van der Waals surface area contributed by atoms with E-state index in [4.69, 9.17) is 4.52 Å². The van der Waals surface area contributed by atoms with Crippen molar-refractivity contribution >= 4 is 23.2 Å². The normalized spacial score (nSPS) is 14.6. The van der Waals surface area contributed by atoms with Crippen LogP contribution in [-0.4, -0.2) is 28.5 Å². The number of carbonyl (C=O) groups is 2. The molecule has 0 unspecified atom stereocenters. The van der Waals surface area contributed by atoms with Gasteiger partial charge in [0, 0.05) is 42.6 Å². The Morgan fingerprint density at radius 3 is 2.59 bits per heavy atom. The van der Waals surface area contributed by atoms with Crippen molar-refractivity contribution in [2.45, 2.75) is 58.3 Å². The molecule has 0 saturated carbocycles. The van der Waals surface area contributed by atoms with Crippen LogP contribution in [-0.2, 0) is 21.4 Å². The number of hydrogen-bond acceptors (Lipinski definition) is 5. The van der Waals surface area contributed by atoms with Gasteiger partial charge in [0.25, 0.3) is 0 Å². The van der Waals surface area contributed by atoms with Gasteiger partial charge in [0.1, 0.15) is 0 Å². The molecule has 1 aromatic heterocycles. The lowest BCUT2D eigenvalue weighted by Crippen LogP contribution is -2.23. The zero-order chi connectivity index (χ0) is 19.4. The highest BCUT2D eigenvalue weighted by atomic mass is 16.5. The van der Waals surface area contributed by atoms with Gasteiger partial charge in [-0.25, -0.2) is 0 Å². The van der Waals surface area contributed by atoms with Crippen LogP contribution in [0.25, 0.3) is 0 Å². The van der Waals surface area contributed by atoms with E-state index in [-0.39, 0.29) is 17.2 Å². The quantitative estimate of drug-likeness (QED) is 0.841. The van der Waals surface area contributed by atoms with Crippen molar-refractivity contribution in [1.29, 1.82) is 0 Å². The maximum atomic E-state index is 12.1. The summed E-state index contributed by atoms with van der Waals surface area (Å²) in [5.41, 5.74) is 1.45. The molecule has 2 heterocycles. The van der Waals surface area contributed by atoms with Gasteiger partial charge >= 0.3 is 0 Å². The van der Waals surface area contributed by atoms with Crippen molar-refractivity contribution in [3.05, 3.63) is 36.0 Å². The van der Waals surface area contributed by atoms with Gasteiger partial charge in [-0.1, -0.05) is 25.9 Å². The Hall–Kier alpha value is -2.70. The first kappa shape index (κ1) is 19.1. The molecule has 7 heteroatoms. The summed E-state index contributed by atoms with van der Waals surface area (Å²) < 4.78 is 5.24. The number of nitrogens with zero attached hydrogens (tertiary/aromatic N) is 3. The zero-order valence-corrected chi connectivity index (χ0v) is 16.1. The molecular formula is C20H26N4O3. The van der Waals surface area contributed by atoms with Crippen LogP contribution in [0.2, 0.25) is 0 Å². The lowest BCUT2D eigenvalue weighted by atomic mass is 9.96. The third-order valence-corrected chi connectivity index (χ3v) is 4.47. The number of rotatable bonds is 6. The van der Waals surface area contributed by atoms with E-state index in [2.05, 4.69) is 15.5 Å². The summed E-state index contributed by atoms with van der Waals surface area (Å²) in [7, 11) is 0. The largest absolute Gasteiger partial charge is 0.339 e. The Morgan fingerprint density at radius 1 is 1.26 bits per heavy atom. The van der Waals surface area contributed by atoms with Gasteiger partial charge < -0.3 is 14.7 Å². The Morgan fingerprint density at radius 2 is 2.00 bits per heavy atom. The Balaban J connectivity index is 1.45. The Labute approximate surface area is 159 Å². The summed E-state index contributed by atoms with van der Waals surface area (Å²) >= 11 is 0. The van der Waals surface area contributed by atoms with E-state index in [0.29, 0.717) is 37.4 Å². The van der Waals surface area contributed by atoms with Crippen molar-refractivity contribution < 1.29 is 14.1 Å². The maximum absolute atomic E-state index is 12.1. The van der Waals surface area contributed by atoms with Crippen LogP contribution >= 0.6 is 0 Å². The standard InChI is InChI=1S/C20H26N4O3/c1-20(2,3)19-22-17(27-23-19)7-4-6-16(25)21-14-9-11-15(12-10-14)24-13-5-8-18(24)26/h9-12H,4-8,13H2,1-3H3,(H,21,25). The molecule has 1 saturated heterocycles. The summed E-state index contributed by atoms with van der Waals surface area (Å²) in [5.74, 6) is 1.34. The van der Waals surface area contributed by atoms with Crippen LogP contribution in [0.15, 0.2) is 28.8 Å². The van der Waals surface area contributed by atoms with Crippen LogP contribution in [0.1, 0.15) is 58.2 Å². The van der Waals surface area contributed by atoms with Gasteiger partial charge in [-0.15, -0.1) is 0 Å². The molecule has 1 aromatic carbocycles. The van der Waals surface area contributed by atoms with E-state index in [1.165, 1.54) is 0 Å². The smallest absolute Gasteiger partial charge is 0.227 e. The molecule has 0 aliphatic carbocycles. The van der Waals surface area contributed by atoms with Crippen molar-refractivity contribution in [3.63, 3.8) is 0 Å². The second-order valence-corrected chi connectivity index (χ2v) is 7.86. The summed E-state index contributed by atoms with van der Waals surface area (Å²) in [6.07, 6.45) is 3.09. The number of benzene rings is 1. The Kier molecular flexibility index (Phi) is 5.58. The third-order valence-electron chi connectivity index (χ3n) is 4.47. The van der Waals surface area contributed by atoms with Gasteiger partial charge in [-0.2, -0.15) is 4.98 Å². The van der Waals surface area contributed by atoms with Crippen molar-refractivity contribution in [1.82, 2.24) is 10.1 Å². The zero-order valence-electron chi connectivity index (χ0n) is 16.1. The fraction of sp³-hybridized carbons (Fsp3) is 0.500. The van der Waals surface area contributed by atoms with E-state index in [0.717, 1.165) is 24.3 Å². The topological polar surface area (TPSA) is 88.3 Å². The molecule has 7 nitrogen and oxygen atoms in total. The molecule has 27 heavy (non-hydrogen) atoms. The van der Waals surface area contributed by atoms with Crippen LogP contribution in [0.4, 0.5) is 11.4 Å². The van der Waals surface area contributed by atoms with E-state index < -0.39 is 0 Å². The average Bonchev–Trinajstić information content (AvgIpc) is 3.24. The number of aryl methyl sites for hydroxylation is 1. The predicted octanol–water partition coefficient (Wildman–Crippen LogP) is 3.46. The SMILES string of the molecule is CC(C)(C)c1noc(CCCC(=O)Nc2ccc(N3CCCC3=O)cc2)n1. The second-order valence-electron chi connectivity index (χ2n) is 7.86. The van der Waals surface area contributed by atoms with E-state index in [1.807, 2.05) is 45.0 Å². The first-order valence-corrected chi connectivity index (χ1v) is 9.36. The van der Waals surface area contributed by atoms with Gasteiger partial charge in [-0.05, 0) is 37.1 Å². The number of amides is 2. The highest BCUT2D eigenvalue weighted by molar-refractivity contribution is 5.96. The van der Waals surface area contributed by atoms with Crippen molar-refractivity contribution in [3.8, 4) is 0 Å². The summed E-state index contributed by atoms with van der Waals surface area (Å²) in [6, 6.07) is 7.38. The molecule has 2 aromatic rings. The third kappa shape index (κ3) is 4.93. The molecule has 0 atom stereocenters. The maximum Gasteiger partial charge on any atom is 0.227 e. The van der Waals surface area contributed by atoms with E-state index in [1.54, 1.807) is 4.90 Å². The van der Waals surface area contributed by atoms with Gasteiger partial charge in [0.15, 0.2) is 5.82 Å². The molecule has 1 aliphatic heterocycles. The highest BCUT2D eigenvalue weighted by Crippen LogP contribution is 2.23. The van der Waals surface area contributed by atoms with Crippen LogP contribution in [0.5, 0.6) is 0 Å². The molecule has 1 fully saturated rings. The fourth-order valence-electron chi connectivity index (χ4n) is 2.93. The molecule has 1 N–H and O–H groups in total. The molecule has 0 spiro atoms. The number of carbonyl (C=O) groups excluding carboxylic acids is 2. The molecule has 0 radical (unpaired) electrons. The number of aromatic nitrogens is 2. The minimum atomic E-state index is -0.148. The van der Waals surface area contributed by atoms with Crippen LogP contribution in [0.3, 0.4) is 0 Å². The first-order valence-electron chi connectivity index (χ1n) is 9.36. The highest BCUT2D eigenvalue weighted by Gasteiger charge is 2.22. The molecule has 144 valence electrons. The summed E-state index contributed by atoms with van der Waals surface area (Å²) in [6.45, 7) is 6.84. The lowest BCUT2D eigenvalue weighted by Gasteiger charge is -2.16. The number of anilines is 2. The summed E-state index contributed by atoms with van der Waals surface area (Å²) in [5, 5.41) is 6.86. The molecule has 3 rings (SSSR count). The Bertz CT molecular complexity index is 805. The van der Waals surface area contributed by atoms with Gasteiger partial charge in [-0.3, -0.25) is 9.59 Å².